The topological polar surface area (TPSA) is 49.9 Å². The van der Waals surface area contributed by atoms with E-state index in [1.807, 2.05) is 29.2 Å². The second-order valence-corrected chi connectivity index (χ2v) is 7.80. The van der Waals surface area contributed by atoms with Crippen molar-refractivity contribution in [1.82, 2.24) is 9.80 Å². The van der Waals surface area contributed by atoms with Crippen molar-refractivity contribution >= 4 is 11.8 Å². The Bertz CT molecular complexity index is 681. The van der Waals surface area contributed by atoms with Crippen LogP contribution in [0.15, 0.2) is 24.3 Å². The fourth-order valence-electron chi connectivity index (χ4n) is 4.72. The zero-order chi connectivity index (χ0) is 17.4. The average molecular weight is 342 g/mol. The maximum absolute atomic E-state index is 12.8. The number of ether oxygens (including phenoxy) is 1. The summed E-state index contributed by atoms with van der Waals surface area (Å²) in [5.74, 6) is 1.05. The molecule has 5 heteroatoms. The van der Waals surface area contributed by atoms with E-state index in [0.717, 1.165) is 43.7 Å². The lowest BCUT2D eigenvalue weighted by Crippen LogP contribution is -2.49. The third kappa shape index (κ3) is 3.00. The Morgan fingerprint density at radius 3 is 2.80 bits per heavy atom. The second-order valence-electron chi connectivity index (χ2n) is 7.80. The summed E-state index contributed by atoms with van der Waals surface area (Å²) in [4.78, 5) is 28.8. The number of carbonyl (C=O) groups is 2. The Kier molecular flexibility index (Phi) is 4.18. The molecule has 3 aliphatic rings. The first-order valence-electron chi connectivity index (χ1n) is 9.31. The van der Waals surface area contributed by atoms with Crippen LogP contribution in [0.4, 0.5) is 0 Å². The van der Waals surface area contributed by atoms with Crippen molar-refractivity contribution in [2.75, 3.05) is 26.7 Å². The molecule has 25 heavy (non-hydrogen) atoms. The predicted octanol–water partition coefficient (Wildman–Crippen LogP) is 2.76. The lowest BCUT2D eigenvalue weighted by molar-refractivity contribution is -0.144. The molecule has 2 heterocycles. The number of nitrogens with zero attached hydrogens (tertiary/aromatic N) is 2. The number of methoxy groups -OCH3 is 1. The van der Waals surface area contributed by atoms with Gasteiger partial charge in [-0.2, -0.15) is 0 Å². The molecule has 0 radical (unpaired) electrons. The van der Waals surface area contributed by atoms with Crippen LogP contribution in [-0.4, -0.2) is 48.4 Å². The first-order chi connectivity index (χ1) is 12.1. The van der Waals surface area contributed by atoms with Gasteiger partial charge in [-0.05, 0) is 42.4 Å². The molecule has 0 aromatic heterocycles. The number of rotatable bonds is 4. The van der Waals surface area contributed by atoms with Crippen molar-refractivity contribution in [3.63, 3.8) is 0 Å². The van der Waals surface area contributed by atoms with Crippen LogP contribution in [0, 0.1) is 5.41 Å². The van der Waals surface area contributed by atoms with Crippen LogP contribution >= 0.6 is 0 Å². The van der Waals surface area contributed by atoms with E-state index in [1.165, 1.54) is 12.8 Å². The number of hydrogen-bond donors (Lipinski definition) is 0. The highest BCUT2D eigenvalue weighted by molar-refractivity contribution is 5.87. The van der Waals surface area contributed by atoms with E-state index < -0.39 is 0 Å². The minimum absolute atomic E-state index is 0.0717. The van der Waals surface area contributed by atoms with Gasteiger partial charge in [0.1, 0.15) is 5.75 Å². The van der Waals surface area contributed by atoms with Crippen LogP contribution in [-0.2, 0) is 9.59 Å². The van der Waals surface area contributed by atoms with Crippen molar-refractivity contribution in [1.29, 1.82) is 0 Å². The van der Waals surface area contributed by atoms with Gasteiger partial charge in [-0.15, -0.1) is 0 Å². The number of amides is 2. The normalized spacial score (nSPS) is 24.7. The summed E-state index contributed by atoms with van der Waals surface area (Å²) in [6.45, 7) is 1.78. The van der Waals surface area contributed by atoms with Crippen LogP contribution in [0.3, 0.4) is 0 Å². The Balaban J connectivity index is 1.40. The number of hydrogen-bond acceptors (Lipinski definition) is 3. The molecule has 2 saturated heterocycles. The quantitative estimate of drug-likeness (QED) is 0.845. The van der Waals surface area contributed by atoms with Gasteiger partial charge in [0.25, 0.3) is 0 Å². The van der Waals surface area contributed by atoms with Crippen molar-refractivity contribution in [3.8, 4) is 5.75 Å². The molecule has 134 valence electrons. The van der Waals surface area contributed by atoms with Gasteiger partial charge in [0, 0.05) is 19.5 Å². The molecule has 2 amide bonds. The third-order valence-corrected chi connectivity index (χ3v) is 6.21. The fourth-order valence-corrected chi connectivity index (χ4v) is 4.72. The Hall–Kier alpha value is -2.04. The molecule has 1 saturated carbocycles. The lowest BCUT2D eigenvalue weighted by Gasteiger charge is -2.42. The summed E-state index contributed by atoms with van der Waals surface area (Å²) in [6, 6.07) is 8.03. The SMILES string of the molecule is COc1cccc(C2CCN2C(=O)CN2CC3(CCCC3)CC2=O)c1. The maximum Gasteiger partial charge on any atom is 0.242 e. The number of likely N-dealkylation sites (tertiary alicyclic amines) is 2. The summed E-state index contributed by atoms with van der Waals surface area (Å²) in [6.07, 6.45) is 6.33. The number of carbonyl (C=O) groups excluding carboxylic acids is 2. The fraction of sp³-hybridized carbons (Fsp3) is 0.600. The molecule has 1 spiro atoms. The van der Waals surface area contributed by atoms with Gasteiger partial charge in [0.2, 0.25) is 11.8 Å². The zero-order valence-electron chi connectivity index (χ0n) is 14.9. The molecule has 1 aliphatic carbocycles. The van der Waals surface area contributed by atoms with Crippen LogP contribution in [0.25, 0.3) is 0 Å². The van der Waals surface area contributed by atoms with Gasteiger partial charge in [-0.3, -0.25) is 9.59 Å². The predicted molar refractivity (Wildman–Crippen MR) is 94.2 cm³/mol. The van der Waals surface area contributed by atoms with Crippen molar-refractivity contribution in [2.24, 2.45) is 5.41 Å². The largest absolute Gasteiger partial charge is 0.497 e. The van der Waals surface area contributed by atoms with Crippen molar-refractivity contribution in [2.45, 2.75) is 44.6 Å². The molecule has 3 fully saturated rings. The van der Waals surface area contributed by atoms with E-state index in [-0.39, 0.29) is 29.8 Å². The van der Waals surface area contributed by atoms with Gasteiger partial charge in [-0.1, -0.05) is 25.0 Å². The highest BCUT2D eigenvalue weighted by Gasteiger charge is 2.46. The van der Waals surface area contributed by atoms with Crippen LogP contribution < -0.4 is 4.74 Å². The monoisotopic (exact) mass is 342 g/mol. The molecular weight excluding hydrogens is 316 g/mol. The molecule has 0 bridgehead atoms. The Morgan fingerprint density at radius 2 is 2.12 bits per heavy atom. The molecule has 0 N–H and O–H groups in total. The summed E-state index contributed by atoms with van der Waals surface area (Å²) >= 11 is 0. The molecule has 1 atom stereocenters. The van der Waals surface area contributed by atoms with E-state index in [4.69, 9.17) is 4.74 Å². The van der Waals surface area contributed by atoms with E-state index in [2.05, 4.69) is 0 Å². The maximum atomic E-state index is 12.8. The summed E-state index contributed by atoms with van der Waals surface area (Å²) in [5, 5.41) is 0. The van der Waals surface area contributed by atoms with Gasteiger partial charge in [0.15, 0.2) is 0 Å². The summed E-state index contributed by atoms with van der Waals surface area (Å²) < 4.78 is 5.29. The van der Waals surface area contributed by atoms with Gasteiger partial charge in [0.05, 0.1) is 19.7 Å². The van der Waals surface area contributed by atoms with E-state index in [9.17, 15) is 9.59 Å². The third-order valence-electron chi connectivity index (χ3n) is 6.21. The molecule has 1 aromatic rings. The molecule has 5 nitrogen and oxygen atoms in total. The van der Waals surface area contributed by atoms with E-state index >= 15 is 0 Å². The molecular formula is C20H26N2O3. The van der Waals surface area contributed by atoms with Crippen LogP contribution in [0.5, 0.6) is 5.75 Å². The zero-order valence-corrected chi connectivity index (χ0v) is 14.9. The summed E-state index contributed by atoms with van der Waals surface area (Å²) in [5.41, 5.74) is 1.28. The lowest BCUT2D eigenvalue weighted by atomic mass is 9.85. The molecule has 1 unspecified atom stereocenters. The van der Waals surface area contributed by atoms with Crippen LogP contribution in [0.2, 0.25) is 0 Å². The van der Waals surface area contributed by atoms with Crippen molar-refractivity contribution < 1.29 is 14.3 Å². The minimum Gasteiger partial charge on any atom is -0.497 e. The summed E-state index contributed by atoms with van der Waals surface area (Å²) in [7, 11) is 1.65. The van der Waals surface area contributed by atoms with Crippen LogP contribution in [0.1, 0.15) is 50.1 Å². The van der Waals surface area contributed by atoms with Gasteiger partial charge >= 0.3 is 0 Å². The molecule has 1 aromatic carbocycles. The second kappa shape index (κ2) is 6.36. The first kappa shape index (κ1) is 16.4. The number of benzene rings is 1. The van der Waals surface area contributed by atoms with Gasteiger partial charge < -0.3 is 14.5 Å². The van der Waals surface area contributed by atoms with E-state index in [1.54, 1.807) is 12.0 Å². The van der Waals surface area contributed by atoms with Crippen molar-refractivity contribution in [3.05, 3.63) is 29.8 Å². The molecule has 4 rings (SSSR count). The average Bonchev–Trinajstić information content (AvgIpc) is 3.13. The highest BCUT2D eigenvalue weighted by Crippen LogP contribution is 2.46. The Labute approximate surface area is 148 Å². The van der Waals surface area contributed by atoms with Gasteiger partial charge in [-0.25, -0.2) is 0 Å². The minimum atomic E-state index is 0.0717. The highest BCUT2D eigenvalue weighted by atomic mass is 16.5. The Morgan fingerprint density at radius 1 is 1.32 bits per heavy atom. The van der Waals surface area contributed by atoms with E-state index in [0.29, 0.717) is 6.42 Å². The molecule has 2 aliphatic heterocycles. The standard InChI is InChI=1S/C20H26N2O3/c1-25-16-6-4-5-15(11-16)17-7-10-22(17)19(24)13-21-14-20(12-18(21)23)8-2-3-9-20/h4-6,11,17H,2-3,7-10,12-14H2,1H3. The first-order valence-corrected chi connectivity index (χ1v) is 9.31. The smallest absolute Gasteiger partial charge is 0.242 e.